The quantitative estimate of drug-likeness (QED) is 0.519. The number of aliphatic hydroxyl groups excluding tert-OH is 1. The maximum absolute atomic E-state index is 13.1. The molecule has 2 N–H and O–H groups in total. The van der Waals surface area contributed by atoms with Crippen LogP contribution in [-0.2, 0) is 10.3 Å². The Morgan fingerprint density at radius 2 is 1.90 bits per heavy atom. The van der Waals surface area contributed by atoms with Crippen molar-refractivity contribution >= 4 is 23.8 Å². The molecule has 0 radical (unpaired) electrons. The van der Waals surface area contributed by atoms with Crippen LogP contribution in [0.3, 0.4) is 0 Å². The molecule has 0 aliphatic carbocycles. The normalized spacial score (nSPS) is 18.9. The van der Waals surface area contributed by atoms with Crippen LogP contribution in [0.1, 0.15) is 37.0 Å². The molecule has 2 aromatic carbocycles. The van der Waals surface area contributed by atoms with Crippen LogP contribution in [-0.4, -0.2) is 48.0 Å². The first-order chi connectivity index (χ1) is 14.5. The van der Waals surface area contributed by atoms with Crippen molar-refractivity contribution in [2.24, 2.45) is 5.10 Å². The Labute approximate surface area is 177 Å². The lowest BCUT2D eigenvalue weighted by Gasteiger charge is -2.24. The monoisotopic (exact) mass is 408 g/mol. The highest BCUT2D eigenvalue weighted by molar-refractivity contribution is 6.07. The molecule has 0 saturated carbocycles. The van der Waals surface area contributed by atoms with Crippen LogP contribution in [0, 0.1) is 6.92 Å². The SMILES string of the molecule is CCN(CCO)c1ccc(/C=N\N2C(=O)N[C@@](CC)(c3ccccc3)C2=O)c(C)c1. The van der Waals surface area contributed by atoms with E-state index in [1.165, 1.54) is 6.21 Å². The summed E-state index contributed by atoms with van der Waals surface area (Å²) in [5.74, 6) is -0.383. The summed E-state index contributed by atoms with van der Waals surface area (Å²) in [4.78, 5) is 27.7. The van der Waals surface area contributed by atoms with Crippen molar-refractivity contribution in [3.8, 4) is 0 Å². The second-order valence-electron chi connectivity index (χ2n) is 7.26. The molecular formula is C23H28N4O3. The highest BCUT2D eigenvalue weighted by atomic mass is 16.3. The molecule has 0 unspecified atom stereocenters. The lowest BCUT2D eigenvalue weighted by Crippen LogP contribution is -2.43. The Hall–Kier alpha value is -3.19. The lowest BCUT2D eigenvalue weighted by atomic mass is 9.87. The number of hydrogen-bond donors (Lipinski definition) is 2. The van der Waals surface area contributed by atoms with Gasteiger partial charge in [-0.25, -0.2) is 4.79 Å². The largest absolute Gasteiger partial charge is 0.395 e. The molecule has 1 atom stereocenters. The number of hydrogen-bond acceptors (Lipinski definition) is 5. The molecule has 1 saturated heterocycles. The van der Waals surface area contributed by atoms with Gasteiger partial charge >= 0.3 is 6.03 Å². The van der Waals surface area contributed by atoms with E-state index in [1.807, 2.05) is 69.3 Å². The van der Waals surface area contributed by atoms with Crippen molar-refractivity contribution in [1.82, 2.24) is 10.3 Å². The van der Waals surface area contributed by atoms with Gasteiger partial charge in [0.2, 0.25) is 0 Å². The van der Waals surface area contributed by atoms with E-state index in [9.17, 15) is 14.7 Å². The summed E-state index contributed by atoms with van der Waals surface area (Å²) in [6.07, 6.45) is 1.97. The summed E-state index contributed by atoms with van der Waals surface area (Å²) >= 11 is 0. The van der Waals surface area contributed by atoms with Crippen LogP contribution >= 0.6 is 0 Å². The van der Waals surface area contributed by atoms with Gasteiger partial charge in [0.25, 0.3) is 5.91 Å². The molecule has 3 rings (SSSR count). The number of benzene rings is 2. The predicted octanol–water partition coefficient (Wildman–Crippen LogP) is 3.00. The van der Waals surface area contributed by atoms with Crippen molar-refractivity contribution in [1.29, 1.82) is 0 Å². The zero-order valence-electron chi connectivity index (χ0n) is 17.6. The summed E-state index contributed by atoms with van der Waals surface area (Å²) in [7, 11) is 0. The van der Waals surface area contributed by atoms with E-state index in [4.69, 9.17) is 0 Å². The van der Waals surface area contributed by atoms with Crippen LogP contribution < -0.4 is 10.2 Å². The Balaban J connectivity index is 1.84. The van der Waals surface area contributed by atoms with Crippen molar-refractivity contribution in [2.75, 3.05) is 24.6 Å². The molecule has 0 spiro atoms. The second kappa shape index (κ2) is 9.09. The van der Waals surface area contributed by atoms with Crippen molar-refractivity contribution in [3.05, 3.63) is 65.2 Å². The fourth-order valence-electron chi connectivity index (χ4n) is 3.74. The Kier molecular flexibility index (Phi) is 6.52. The minimum Gasteiger partial charge on any atom is -0.395 e. The number of anilines is 1. The summed E-state index contributed by atoms with van der Waals surface area (Å²) in [5, 5.41) is 17.2. The van der Waals surface area contributed by atoms with E-state index in [1.54, 1.807) is 0 Å². The lowest BCUT2D eigenvalue weighted by molar-refractivity contribution is -0.131. The van der Waals surface area contributed by atoms with Gasteiger partial charge in [0.1, 0.15) is 5.54 Å². The predicted molar refractivity (Wildman–Crippen MR) is 118 cm³/mol. The molecule has 7 heteroatoms. The number of aliphatic hydroxyl groups is 1. The van der Waals surface area contributed by atoms with E-state index in [0.29, 0.717) is 13.0 Å². The van der Waals surface area contributed by atoms with Gasteiger partial charge < -0.3 is 15.3 Å². The van der Waals surface area contributed by atoms with Crippen LogP contribution in [0.5, 0.6) is 0 Å². The van der Waals surface area contributed by atoms with Gasteiger partial charge in [-0.3, -0.25) is 4.79 Å². The highest BCUT2D eigenvalue weighted by Gasteiger charge is 2.51. The third-order valence-corrected chi connectivity index (χ3v) is 5.55. The van der Waals surface area contributed by atoms with Gasteiger partial charge in [0, 0.05) is 18.8 Å². The van der Waals surface area contributed by atoms with E-state index in [0.717, 1.165) is 33.9 Å². The van der Waals surface area contributed by atoms with Gasteiger partial charge in [-0.15, -0.1) is 5.01 Å². The van der Waals surface area contributed by atoms with Crippen LogP contribution in [0.2, 0.25) is 0 Å². The number of nitrogens with zero attached hydrogens (tertiary/aromatic N) is 3. The zero-order valence-corrected chi connectivity index (χ0v) is 17.6. The summed E-state index contributed by atoms with van der Waals surface area (Å²) in [6.45, 7) is 7.28. The fourth-order valence-corrected chi connectivity index (χ4v) is 3.74. The van der Waals surface area contributed by atoms with E-state index < -0.39 is 11.6 Å². The maximum Gasteiger partial charge on any atom is 0.346 e. The first-order valence-corrected chi connectivity index (χ1v) is 10.2. The van der Waals surface area contributed by atoms with Crippen LogP contribution in [0.25, 0.3) is 0 Å². The van der Waals surface area contributed by atoms with E-state index in [2.05, 4.69) is 15.3 Å². The number of likely N-dealkylation sites (N-methyl/N-ethyl adjacent to an activating group) is 1. The van der Waals surface area contributed by atoms with Crippen molar-refractivity contribution < 1.29 is 14.7 Å². The molecule has 1 aliphatic heterocycles. The molecule has 0 bridgehead atoms. The third kappa shape index (κ3) is 3.93. The first-order valence-electron chi connectivity index (χ1n) is 10.2. The number of rotatable bonds is 8. The van der Waals surface area contributed by atoms with Crippen LogP contribution in [0.4, 0.5) is 10.5 Å². The first kappa shape index (κ1) is 21.5. The van der Waals surface area contributed by atoms with Gasteiger partial charge in [0.05, 0.1) is 12.8 Å². The molecule has 7 nitrogen and oxygen atoms in total. The molecule has 0 aromatic heterocycles. The van der Waals surface area contributed by atoms with E-state index in [-0.39, 0.29) is 12.5 Å². The molecule has 1 aliphatic rings. The Morgan fingerprint density at radius 3 is 2.50 bits per heavy atom. The average molecular weight is 409 g/mol. The minimum absolute atomic E-state index is 0.0862. The van der Waals surface area contributed by atoms with Gasteiger partial charge in [-0.2, -0.15) is 5.10 Å². The Bertz CT molecular complexity index is 945. The molecule has 1 heterocycles. The van der Waals surface area contributed by atoms with Crippen molar-refractivity contribution in [2.45, 2.75) is 32.7 Å². The minimum atomic E-state index is -1.10. The number of aryl methyl sites for hydroxylation is 1. The summed E-state index contributed by atoms with van der Waals surface area (Å²) in [5.41, 5.74) is 2.43. The number of hydrazone groups is 1. The second-order valence-corrected chi connectivity index (χ2v) is 7.26. The maximum atomic E-state index is 13.1. The summed E-state index contributed by atoms with van der Waals surface area (Å²) < 4.78 is 0. The number of nitrogens with one attached hydrogen (secondary N) is 1. The van der Waals surface area contributed by atoms with Gasteiger partial charge in [-0.1, -0.05) is 43.3 Å². The Morgan fingerprint density at radius 1 is 1.17 bits per heavy atom. The van der Waals surface area contributed by atoms with Crippen LogP contribution in [0.15, 0.2) is 53.6 Å². The fraction of sp³-hybridized carbons (Fsp3) is 0.348. The zero-order chi connectivity index (χ0) is 21.7. The molecule has 158 valence electrons. The molecule has 30 heavy (non-hydrogen) atoms. The summed E-state index contributed by atoms with van der Waals surface area (Å²) in [6, 6.07) is 14.6. The highest BCUT2D eigenvalue weighted by Crippen LogP contribution is 2.32. The van der Waals surface area contributed by atoms with Gasteiger partial charge in [0.15, 0.2) is 0 Å². The smallest absolute Gasteiger partial charge is 0.346 e. The molecule has 3 amide bonds. The number of carbonyl (C=O) groups excluding carboxylic acids is 2. The number of carbonyl (C=O) groups is 2. The third-order valence-electron chi connectivity index (χ3n) is 5.55. The number of urea groups is 1. The number of amides is 3. The van der Waals surface area contributed by atoms with Gasteiger partial charge in [-0.05, 0) is 49.1 Å². The standard InChI is InChI=1S/C23H28N4O3/c1-4-23(19-9-7-6-8-10-19)21(29)27(22(30)25-23)24-16-18-11-12-20(15-17(18)3)26(5-2)13-14-28/h6-12,15-16,28H,4-5,13-14H2,1-3H3,(H,25,30)/b24-16-/t23-/m0/s1. The topological polar surface area (TPSA) is 85.2 Å². The van der Waals surface area contributed by atoms with Crippen molar-refractivity contribution in [3.63, 3.8) is 0 Å². The molecular weight excluding hydrogens is 380 g/mol. The number of imide groups is 1. The average Bonchev–Trinajstić information content (AvgIpc) is 3.02. The molecule has 2 aromatic rings. The molecule has 1 fully saturated rings. The van der Waals surface area contributed by atoms with E-state index >= 15 is 0 Å².